The Morgan fingerprint density at radius 3 is 2.23 bits per heavy atom. The number of para-hydroxylation sites is 2. The van der Waals surface area contributed by atoms with Crippen LogP contribution in [0.3, 0.4) is 0 Å². The number of carbonyl (C=O) groups is 2. The van der Waals surface area contributed by atoms with Gasteiger partial charge in [0.2, 0.25) is 0 Å². The van der Waals surface area contributed by atoms with E-state index in [0.717, 1.165) is 30.2 Å². The van der Waals surface area contributed by atoms with Crippen LogP contribution in [0.1, 0.15) is 18.6 Å². The van der Waals surface area contributed by atoms with Gasteiger partial charge in [0, 0.05) is 25.2 Å². The predicted octanol–water partition coefficient (Wildman–Crippen LogP) is 2.91. The molecule has 0 aliphatic carbocycles. The Morgan fingerprint density at radius 1 is 1.06 bits per heavy atom. The van der Waals surface area contributed by atoms with Crippen molar-refractivity contribution >= 4 is 11.9 Å². The Hall–Kier alpha value is -3.36. The van der Waals surface area contributed by atoms with Gasteiger partial charge < -0.3 is 29.7 Å². The first kappa shape index (κ1) is 23.9. The second-order valence-corrected chi connectivity index (χ2v) is 6.45. The van der Waals surface area contributed by atoms with E-state index in [-0.39, 0.29) is 12.2 Å². The van der Waals surface area contributed by atoms with Crippen LogP contribution in [0.15, 0.2) is 66.7 Å². The molecule has 1 fully saturated rings. The maximum atomic E-state index is 9.55. The molecule has 8 heteroatoms. The third kappa shape index (κ3) is 8.49. The van der Waals surface area contributed by atoms with Crippen molar-refractivity contribution in [2.45, 2.75) is 19.1 Å². The summed E-state index contributed by atoms with van der Waals surface area (Å²) in [5, 5.41) is 19.0. The Bertz CT molecular complexity index is 832. The Kier molecular flexibility index (Phi) is 10.1. The summed E-state index contributed by atoms with van der Waals surface area (Å²) in [6.07, 6.45) is 0.913. The first-order chi connectivity index (χ1) is 15.0. The summed E-state index contributed by atoms with van der Waals surface area (Å²) in [6.45, 7) is 4.94. The second kappa shape index (κ2) is 13.0. The number of rotatable bonds is 8. The van der Waals surface area contributed by atoms with E-state index in [1.165, 1.54) is 0 Å². The van der Waals surface area contributed by atoms with Gasteiger partial charge in [-0.3, -0.25) is 0 Å². The minimum absolute atomic E-state index is 0.0270. The van der Waals surface area contributed by atoms with Gasteiger partial charge in [-0.15, -0.1) is 0 Å². The molecular weight excluding hydrogens is 402 g/mol. The van der Waals surface area contributed by atoms with Crippen molar-refractivity contribution in [1.82, 2.24) is 5.32 Å². The van der Waals surface area contributed by atoms with Gasteiger partial charge in [0.05, 0.1) is 13.2 Å². The van der Waals surface area contributed by atoms with Gasteiger partial charge >= 0.3 is 11.9 Å². The van der Waals surface area contributed by atoms with Crippen LogP contribution in [-0.4, -0.2) is 54.6 Å². The minimum atomic E-state index is -1.26. The number of hydrogen-bond acceptors (Lipinski definition) is 6. The van der Waals surface area contributed by atoms with E-state index in [2.05, 4.69) is 17.4 Å². The van der Waals surface area contributed by atoms with Gasteiger partial charge in [-0.25, -0.2) is 9.59 Å². The Labute approximate surface area is 181 Å². The highest BCUT2D eigenvalue weighted by molar-refractivity contribution is 5.89. The van der Waals surface area contributed by atoms with Crippen LogP contribution in [0.2, 0.25) is 0 Å². The number of carboxylic acid groups (broad SMARTS) is 2. The number of benzene rings is 2. The summed E-state index contributed by atoms with van der Waals surface area (Å²) in [6, 6.07) is 18.0. The summed E-state index contributed by atoms with van der Waals surface area (Å²) >= 11 is 0. The fourth-order valence-corrected chi connectivity index (χ4v) is 2.88. The first-order valence-corrected chi connectivity index (χ1v) is 9.91. The average molecular weight is 429 g/mol. The van der Waals surface area contributed by atoms with Gasteiger partial charge in [0.15, 0.2) is 17.6 Å². The van der Waals surface area contributed by atoms with Crippen molar-refractivity contribution in [3.63, 3.8) is 0 Å². The molecule has 8 nitrogen and oxygen atoms in total. The summed E-state index contributed by atoms with van der Waals surface area (Å²) in [5.41, 5.74) is 1.10. The van der Waals surface area contributed by atoms with E-state index < -0.39 is 11.9 Å². The number of ether oxygens (including phenoxy) is 3. The normalized spacial score (nSPS) is 16.6. The SMILES string of the molecule is CCOc1ccccc1OC(c1ccccc1)[C@@H]1CNCCO1.O=C(O)/C=C\C(=O)O. The molecule has 2 atom stereocenters. The Balaban J connectivity index is 0.000000366. The van der Waals surface area contributed by atoms with E-state index in [0.29, 0.717) is 25.4 Å². The lowest BCUT2D eigenvalue weighted by atomic mass is 10.0. The summed E-state index contributed by atoms with van der Waals surface area (Å²) in [4.78, 5) is 19.1. The second-order valence-electron chi connectivity index (χ2n) is 6.45. The lowest BCUT2D eigenvalue weighted by Crippen LogP contribution is -2.43. The molecule has 0 bridgehead atoms. The van der Waals surface area contributed by atoms with Crippen LogP contribution in [-0.2, 0) is 14.3 Å². The zero-order chi connectivity index (χ0) is 22.5. The van der Waals surface area contributed by atoms with E-state index in [9.17, 15) is 9.59 Å². The van der Waals surface area contributed by atoms with Gasteiger partial charge in [0.25, 0.3) is 0 Å². The molecule has 0 aromatic heterocycles. The largest absolute Gasteiger partial charge is 0.490 e. The van der Waals surface area contributed by atoms with Crippen molar-refractivity contribution in [1.29, 1.82) is 0 Å². The molecular formula is C23H27NO7. The van der Waals surface area contributed by atoms with Crippen molar-refractivity contribution in [2.75, 3.05) is 26.3 Å². The fraction of sp³-hybridized carbons (Fsp3) is 0.304. The van der Waals surface area contributed by atoms with Crippen molar-refractivity contribution in [3.8, 4) is 11.5 Å². The van der Waals surface area contributed by atoms with Gasteiger partial charge in [-0.1, -0.05) is 42.5 Å². The standard InChI is InChI=1S/C19H23NO3.C4H4O4/c1-2-21-16-10-6-7-11-17(16)23-19(15-8-4-3-5-9-15)18-14-20-12-13-22-18;5-3(6)1-2-4(7)8/h3-11,18-20H,2,12-14H2,1H3;1-2H,(H,5,6)(H,7,8)/b;2-1-/t18-,19?;/m0./s1. The quantitative estimate of drug-likeness (QED) is 0.549. The maximum Gasteiger partial charge on any atom is 0.328 e. The summed E-state index contributed by atoms with van der Waals surface area (Å²) < 4.78 is 18.0. The van der Waals surface area contributed by atoms with Gasteiger partial charge in [0.1, 0.15) is 6.10 Å². The summed E-state index contributed by atoms with van der Waals surface area (Å²) in [5.74, 6) is -1.00. The molecule has 31 heavy (non-hydrogen) atoms. The fourth-order valence-electron chi connectivity index (χ4n) is 2.88. The third-order valence-corrected chi connectivity index (χ3v) is 4.19. The van der Waals surface area contributed by atoms with Crippen LogP contribution < -0.4 is 14.8 Å². The van der Waals surface area contributed by atoms with Gasteiger partial charge in [-0.2, -0.15) is 0 Å². The van der Waals surface area contributed by atoms with Crippen LogP contribution in [0.25, 0.3) is 0 Å². The predicted molar refractivity (Wildman–Crippen MR) is 114 cm³/mol. The molecule has 2 aromatic rings. The number of aliphatic carboxylic acids is 2. The summed E-state index contributed by atoms with van der Waals surface area (Å²) in [7, 11) is 0. The van der Waals surface area contributed by atoms with Crippen molar-refractivity contribution < 1.29 is 34.0 Å². The van der Waals surface area contributed by atoms with Crippen LogP contribution in [0.5, 0.6) is 11.5 Å². The van der Waals surface area contributed by atoms with Crippen molar-refractivity contribution in [2.24, 2.45) is 0 Å². The molecule has 1 unspecified atom stereocenters. The third-order valence-electron chi connectivity index (χ3n) is 4.19. The molecule has 0 saturated carbocycles. The highest BCUT2D eigenvalue weighted by Gasteiger charge is 2.28. The Morgan fingerprint density at radius 2 is 1.68 bits per heavy atom. The highest BCUT2D eigenvalue weighted by Crippen LogP contribution is 2.33. The monoisotopic (exact) mass is 429 g/mol. The molecule has 1 heterocycles. The molecule has 0 amide bonds. The van der Waals surface area contributed by atoms with Crippen LogP contribution in [0.4, 0.5) is 0 Å². The molecule has 166 valence electrons. The first-order valence-electron chi connectivity index (χ1n) is 9.91. The molecule has 1 aliphatic heterocycles. The molecule has 2 aromatic carbocycles. The van der Waals surface area contributed by atoms with Crippen molar-refractivity contribution in [3.05, 3.63) is 72.3 Å². The average Bonchev–Trinajstić information content (AvgIpc) is 2.79. The number of carboxylic acids is 2. The molecule has 1 aliphatic rings. The highest BCUT2D eigenvalue weighted by atomic mass is 16.6. The van der Waals surface area contributed by atoms with Crippen LogP contribution >= 0.6 is 0 Å². The molecule has 0 spiro atoms. The molecule has 0 radical (unpaired) electrons. The topological polar surface area (TPSA) is 114 Å². The zero-order valence-electron chi connectivity index (χ0n) is 17.3. The smallest absolute Gasteiger partial charge is 0.328 e. The minimum Gasteiger partial charge on any atom is -0.490 e. The zero-order valence-corrected chi connectivity index (χ0v) is 17.3. The molecule has 1 saturated heterocycles. The maximum absolute atomic E-state index is 9.55. The molecule has 3 N–H and O–H groups in total. The number of nitrogens with one attached hydrogen (secondary N) is 1. The van der Waals surface area contributed by atoms with E-state index >= 15 is 0 Å². The number of morpholine rings is 1. The van der Waals surface area contributed by atoms with Gasteiger partial charge in [-0.05, 0) is 24.6 Å². The number of hydrogen-bond donors (Lipinski definition) is 3. The van der Waals surface area contributed by atoms with Crippen LogP contribution in [0, 0.1) is 0 Å². The van der Waals surface area contributed by atoms with E-state index in [1.807, 2.05) is 49.4 Å². The van der Waals surface area contributed by atoms with E-state index in [1.54, 1.807) is 0 Å². The molecule has 3 rings (SSSR count). The lowest BCUT2D eigenvalue weighted by molar-refractivity contribution is -0.134. The lowest BCUT2D eigenvalue weighted by Gasteiger charge is -2.32. The van der Waals surface area contributed by atoms with E-state index in [4.69, 9.17) is 24.4 Å².